The Morgan fingerprint density at radius 1 is 1.21 bits per heavy atom. The SMILES string of the molecule is CCNC(C(C)C)C(O)c1ccc(OC)cc1OC. The lowest BCUT2D eigenvalue weighted by Crippen LogP contribution is -2.39. The number of likely N-dealkylation sites (N-methyl/N-ethyl adjacent to an activating group) is 1. The van der Waals surface area contributed by atoms with Crippen molar-refractivity contribution in [3.8, 4) is 11.5 Å². The van der Waals surface area contributed by atoms with E-state index in [4.69, 9.17) is 9.47 Å². The number of benzene rings is 1. The molecule has 0 fully saturated rings. The second kappa shape index (κ2) is 7.36. The van der Waals surface area contributed by atoms with E-state index in [9.17, 15) is 5.11 Å². The van der Waals surface area contributed by atoms with Crippen LogP contribution in [0, 0.1) is 5.92 Å². The molecule has 0 radical (unpaired) electrons. The molecule has 108 valence electrons. The molecule has 0 heterocycles. The highest BCUT2D eigenvalue weighted by Crippen LogP contribution is 2.32. The first-order valence-electron chi connectivity index (χ1n) is 6.68. The van der Waals surface area contributed by atoms with E-state index < -0.39 is 6.10 Å². The molecule has 2 atom stereocenters. The molecule has 2 N–H and O–H groups in total. The fourth-order valence-electron chi connectivity index (χ4n) is 2.20. The minimum Gasteiger partial charge on any atom is -0.497 e. The molecule has 0 aliphatic carbocycles. The minimum atomic E-state index is -0.610. The number of hydrogen-bond donors (Lipinski definition) is 2. The van der Waals surface area contributed by atoms with Crippen LogP contribution in [-0.2, 0) is 0 Å². The van der Waals surface area contributed by atoms with Crippen LogP contribution in [0.4, 0.5) is 0 Å². The van der Waals surface area contributed by atoms with Crippen molar-refractivity contribution in [1.82, 2.24) is 5.32 Å². The highest BCUT2D eigenvalue weighted by atomic mass is 16.5. The van der Waals surface area contributed by atoms with Gasteiger partial charge in [0.1, 0.15) is 11.5 Å². The summed E-state index contributed by atoms with van der Waals surface area (Å²) >= 11 is 0. The number of aliphatic hydroxyl groups is 1. The fourth-order valence-corrected chi connectivity index (χ4v) is 2.20. The molecule has 0 aliphatic rings. The summed E-state index contributed by atoms with van der Waals surface area (Å²) in [6, 6.07) is 5.48. The lowest BCUT2D eigenvalue weighted by molar-refractivity contribution is 0.103. The van der Waals surface area contributed by atoms with Gasteiger partial charge in [0.15, 0.2) is 0 Å². The minimum absolute atomic E-state index is 0.00713. The molecule has 0 bridgehead atoms. The van der Waals surface area contributed by atoms with Crippen LogP contribution >= 0.6 is 0 Å². The van der Waals surface area contributed by atoms with Gasteiger partial charge in [-0.2, -0.15) is 0 Å². The maximum Gasteiger partial charge on any atom is 0.128 e. The molecule has 0 aromatic heterocycles. The van der Waals surface area contributed by atoms with Gasteiger partial charge in [0.25, 0.3) is 0 Å². The Balaban J connectivity index is 3.05. The Bertz CT molecular complexity index is 393. The van der Waals surface area contributed by atoms with E-state index in [0.717, 1.165) is 17.9 Å². The Morgan fingerprint density at radius 3 is 2.37 bits per heavy atom. The summed E-state index contributed by atoms with van der Waals surface area (Å²) in [5.41, 5.74) is 0.781. The first kappa shape index (κ1) is 15.8. The normalized spacial score (nSPS) is 14.3. The van der Waals surface area contributed by atoms with Gasteiger partial charge in [-0.15, -0.1) is 0 Å². The molecule has 19 heavy (non-hydrogen) atoms. The highest BCUT2D eigenvalue weighted by Gasteiger charge is 2.25. The van der Waals surface area contributed by atoms with Gasteiger partial charge in [0.05, 0.1) is 20.3 Å². The zero-order valence-corrected chi connectivity index (χ0v) is 12.4. The van der Waals surface area contributed by atoms with Crippen LogP contribution < -0.4 is 14.8 Å². The van der Waals surface area contributed by atoms with Gasteiger partial charge in [-0.3, -0.25) is 0 Å². The number of hydrogen-bond acceptors (Lipinski definition) is 4. The highest BCUT2D eigenvalue weighted by molar-refractivity contribution is 5.42. The lowest BCUT2D eigenvalue weighted by atomic mass is 9.92. The number of rotatable bonds is 7. The molecule has 1 aromatic rings. The van der Waals surface area contributed by atoms with E-state index in [1.807, 2.05) is 19.1 Å². The van der Waals surface area contributed by atoms with E-state index in [0.29, 0.717) is 11.7 Å². The third-order valence-electron chi connectivity index (χ3n) is 3.26. The zero-order chi connectivity index (χ0) is 14.4. The zero-order valence-electron chi connectivity index (χ0n) is 12.4. The van der Waals surface area contributed by atoms with Gasteiger partial charge >= 0.3 is 0 Å². The van der Waals surface area contributed by atoms with Crippen molar-refractivity contribution in [3.05, 3.63) is 23.8 Å². The van der Waals surface area contributed by atoms with E-state index in [-0.39, 0.29) is 6.04 Å². The van der Waals surface area contributed by atoms with E-state index in [2.05, 4.69) is 19.2 Å². The monoisotopic (exact) mass is 267 g/mol. The molecule has 0 saturated heterocycles. The predicted octanol–water partition coefficient (Wildman–Crippen LogP) is 2.37. The van der Waals surface area contributed by atoms with Crippen LogP contribution in [0.25, 0.3) is 0 Å². The molecular weight excluding hydrogens is 242 g/mol. The molecule has 1 rings (SSSR count). The number of ether oxygens (including phenoxy) is 2. The van der Waals surface area contributed by atoms with Crippen molar-refractivity contribution in [2.24, 2.45) is 5.92 Å². The first-order valence-corrected chi connectivity index (χ1v) is 6.68. The summed E-state index contributed by atoms with van der Waals surface area (Å²) in [6.07, 6.45) is -0.610. The van der Waals surface area contributed by atoms with Crippen molar-refractivity contribution < 1.29 is 14.6 Å². The molecule has 1 aromatic carbocycles. The fraction of sp³-hybridized carbons (Fsp3) is 0.600. The summed E-state index contributed by atoms with van der Waals surface area (Å²) < 4.78 is 10.5. The largest absolute Gasteiger partial charge is 0.497 e. The van der Waals surface area contributed by atoms with Gasteiger partial charge in [-0.1, -0.05) is 20.8 Å². The standard InChI is InChI=1S/C15H25NO3/c1-6-16-14(10(2)3)15(17)12-8-7-11(18-4)9-13(12)19-5/h7-10,14-17H,6H2,1-5H3. The Kier molecular flexibility index (Phi) is 6.12. The Morgan fingerprint density at radius 2 is 1.89 bits per heavy atom. The average molecular weight is 267 g/mol. The molecule has 4 heteroatoms. The Labute approximate surface area is 115 Å². The summed E-state index contributed by atoms with van der Waals surface area (Å²) in [4.78, 5) is 0. The van der Waals surface area contributed by atoms with Crippen LogP contribution in [0.5, 0.6) is 11.5 Å². The Hall–Kier alpha value is -1.26. The molecule has 0 spiro atoms. The lowest BCUT2D eigenvalue weighted by Gasteiger charge is -2.28. The third kappa shape index (κ3) is 3.85. The summed E-state index contributed by atoms with van der Waals surface area (Å²) in [6.45, 7) is 7.03. The number of aliphatic hydroxyl groups excluding tert-OH is 1. The smallest absolute Gasteiger partial charge is 0.128 e. The van der Waals surface area contributed by atoms with Crippen molar-refractivity contribution in [2.45, 2.75) is 32.9 Å². The molecule has 0 amide bonds. The average Bonchev–Trinajstić information content (AvgIpc) is 2.42. The van der Waals surface area contributed by atoms with E-state index >= 15 is 0 Å². The second-order valence-electron chi connectivity index (χ2n) is 4.88. The van der Waals surface area contributed by atoms with E-state index in [1.165, 1.54) is 0 Å². The quantitative estimate of drug-likeness (QED) is 0.796. The van der Waals surface area contributed by atoms with Crippen molar-refractivity contribution in [2.75, 3.05) is 20.8 Å². The van der Waals surface area contributed by atoms with Gasteiger partial charge in [0.2, 0.25) is 0 Å². The molecule has 0 saturated carbocycles. The van der Waals surface area contributed by atoms with Crippen LogP contribution in [0.2, 0.25) is 0 Å². The maximum absolute atomic E-state index is 10.6. The maximum atomic E-state index is 10.6. The molecular formula is C15H25NO3. The van der Waals surface area contributed by atoms with Gasteiger partial charge < -0.3 is 19.9 Å². The van der Waals surface area contributed by atoms with Crippen molar-refractivity contribution in [3.63, 3.8) is 0 Å². The second-order valence-corrected chi connectivity index (χ2v) is 4.88. The van der Waals surface area contributed by atoms with Gasteiger partial charge in [-0.25, -0.2) is 0 Å². The van der Waals surface area contributed by atoms with Crippen LogP contribution in [0.15, 0.2) is 18.2 Å². The molecule has 2 unspecified atom stereocenters. The first-order chi connectivity index (χ1) is 9.04. The van der Waals surface area contributed by atoms with Gasteiger partial charge in [0, 0.05) is 17.7 Å². The predicted molar refractivity (Wildman–Crippen MR) is 76.8 cm³/mol. The van der Waals surface area contributed by atoms with E-state index in [1.54, 1.807) is 20.3 Å². The summed E-state index contributed by atoms with van der Waals surface area (Å²) in [5.74, 6) is 1.69. The number of nitrogens with one attached hydrogen (secondary N) is 1. The van der Waals surface area contributed by atoms with Crippen molar-refractivity contribution in [1.29, 1.82) is 0 Å². The molecule has 4 nitrogen and oxygen atoms in total. The topological polar surface area (TPSA) is 50.7 Å². The number of methoxy groups -OCH3 is 2. The molecule has 0 aliphatic heterocycles. The van der Waals surface area contributed by atoms with Crippen LogP contribution in [0.1, 0.15) is 32.4 Å². The summed E-state index contributed by atoms with van der Waals surface area (Å²) in [5, 5.41) is 13.9. The summed E-state index contributed by atoms with van der Waals surface area (Å²) in [7, 11) is 3.21. The van der Waals surface area contributed by atoms with Crippen LogP contribution in [-0.4, -0.2) is 31.9 Å². The van der Waals surface area contributed by atoms with Gasteiger partial charge in [-0.05, 0) is 24.6 Å². The van der Waals surface area contributed by atoms with Crippen LogP contribution in [0.3, 0.4) is 0 Å². The third-order valence-corrected chi connectivity index (χ3v) is 3.26. The van der Waals surface area contributed by atoms with Crippen molar-refractivity contribution >= 4 is 0 Å².